The van der Waals surface area contributed by atoms with E-state index in [1.165, 1.54) is 11.1 Å². The fourth-order valence-corrected chi connectivity index (χ4v) is 2.29. The molecular formula is C19H23NO. The largest absolute Gasteiger partial charge is 0.350 e. The van der Waals surface area contributed by atoms with Gasteiger partial charge in [0.05, 0.1) is 0 Å². The molecule has 0 unspecified atom stereocenters. The van der Waals surface area contributed by atoms with E-state index in [1.807, 2.05) is 43.3 Å². The van der Waals surface area contributed by atoms with Gasteiger partial charge in [-0.3, -0.25) is 4.79 Å². The molecule has 0 spiro atoms. The van der Waals surface area contributed by atoms with Crippen LogP contribution in [0.4, 0.5) is 0 Å². The van der Waals surface area contributed by atoms with E-state index in [0.717, 1.165) is 24.0 Å². The van der Waals surface area contributed by atoms with Crippen LogP contribution >= 0.6 is 0 Å². The molecule has 1 atom stereocenters. The molecule has 21 heavy (non-hydrogen) atoms. The van der Waals surface area contributed by atoms with Gasteiger partial charge >= 0.3 is 0 Å². The van der Waals surface area contributed by atoms with E-state index >= 15 is 0 Å². The lowest BCUT2D eigenvalue weighted by Crippen LogP contribution is -2.32. The minimum Gasteiger partial charge on any atom is -0.350 e. The van der Waals surface area contributed by atoms with Gasteiger partial charge in [0, 0.05) is 11.6 Å². The minimum absolute atomic E-state index is 0.0126. The standard InChI is InChI=1S/C19H23NO/c1-14-9-12-18(13-15(14)2)19(21)20-16(3)10-11-17-7-5-4-6-8-17/h4-9,12-13,16H,10-11H2,1-3H3,(H,20,21)/t16-/m0/s1. The summed E-state index contributed by atoms with van der Waals surface area (Å²) < 4.78 is 0. The average molecular weight is 281 g/mol. The third-order valence-corrected chi connectivity index (χ3v) is 3.86. The number of amides is 1. The van der Waals surface area contributed by atoms with Crippen molar-refractivity contribution >= 4 is 5.91 Å². The van der Waals surface area contributed by atoms with E-state index in [-0.39, 0.29) is 11.9 Å². The number of nitrogens with one attached hydrogen (secondary N) is 1. The van der Waals surface area contributed by atoms with Crippen molar-refractivity contribution < 1.29 is 4.79 Å². The van der Waals surface area contributed by atoms with Crippen molar-refractivity contribution in [3.8, 4) is 0 Å². The van der Waals surface area contributed by atoms with Gasteiger partial charge in [0.2, 0.25) is 0 Å². The maximum atomic E-state index is 12.2. The Balaban J connectivity index is 1.88. The van der Waals surface area contributed by atoms with Gasteiger partial charge in [-0.1, -0.05) is 36.4 Å². The molecule has 0 aromatic heterocycles. The summed E-state index contributed by atoms with van der Waals surface area (Å²) in [5, 5.41) is 3.07. The number of carbonyl (C=O) groups is 1. The first kappa shape index (κ1) is 15.3. The van der Waals surface area contributed by atoms with Gasteiger partial charge in [-0.15, -0.1) is 0 Å². The topological polar surface area (TPSA) is 29.1 Å². The lowest BCUT2D eigenvalue weighted by Gasteiger charge is -2.14. The third kappa shape index (κ3) is 4.45. The fraction of sp³-hybridized carbons (Fsp3) is 0.316. The predicted octanol–water partition coefficient (Wildman–Crippen LogP) is 4.05. The zero-order valence-electron chi connectivity index (χ0n) is 13.0. The van der Waals surface area contributed by atoms with E-state index in [4.69, 9.17) is 0 Å². The summed E-state index contributed by atoms with van der Waals surface area (Å²) in [4.78, 5) is 12.2. The van der Waals surface area contributed by atoms with Crippen molar-refractivity contribution in [2.24, 2.45) is 0 Å². The SMILES string of the molecule is Cc1ccc(C(=O)N[C@@H](C)CCc2ccccc2)cc1C. The van der Waals surface area contributed by atoms with E-state index in [1.54, 1.807) is 0 Å². The molecule has 0 saturated heterocycles. The quantitative estimate of drug-likeness (QED) is 0.880. The number of rotatable bonds is 5. The molecular weight excluding hydrogens is 258 g/mol. The van der Waals surface area contributed by atoms with Gasteiger partial charge in [-0.05, 0) is 62.4 Å². The van der Waals surface area contributed by atoms with Crippen LogP contribution in [-0.4, -0.2) is 11.9 Å². The summed E-state index contributed by atoms with van der Waals surface area (Å²) >= 11 is 0. The monoisotopic (exact) mass is 281 g/mol. The number of carbonyl (C=O) groups excluding carboxylic acids is 1. The molecule has 0 aliphatic carbocycles. The maximum absolute atomic E-state index is 12.2. The molecule has 1 N–H and O–H groups in total. The second kappa shape index (κ2) is 7.07. The lowest BCUT2D eigenvalue weighted by atomic mass is 10.0. The van der Waals surface area contributed by atoms with Gasteiger partial charge in [0.25, 0.3) is 5.91 Å². The summed E-state index contributed by atoms with van der Waals surface area (Å²) in [6, 6.07) is 16.4. The molecule has 2 heteroatoms. The van der Waals surface area contributed by atoms with Crippen LogP contribution < -0.4 is 5.32 Å². The Hall–Kier alpha value is -2.09. The first-order valence-corrected chi connectivity index (χ1v) is 7.48. The molecule has 0 aliphatic rings. The van der Waals surface area contributed by atoms with Crippen LogP contribution in [0.2, 0.25) is 0 Å². The van der Waals surface area contributed by atoms with Crippen molar-refractivity contribution in [1.29, 1.82) is 0 Å². The van der Waals surface area contributed by atoms with Gasteiger partial charge in [-0.2, -0.15) is 0 Å². The van der Waals surface area contributed by atoms with Crippen LogP contribution in [0, 0.1) is 13.8 Å². The molecule has 0 fully saturated rings. The summed E-state index contributed by atoms with van der Waals surface area (Å²) in [7, 11) is 0. The molecule has 110 valence electrons. The highest BCUT2D eigenvalue weighted by atomic mass is 16.1. The van der Waals surface area contributed by atoms with E-state index in [0.29, 0.717) is 0 Å². The number of hydrogen-bond donors (Lipinski definition) is 1. The van der Waals surface area contributed by atoms with Crippen molar-refractivity contribution in [3.05, 3.63) is 70.8 Å². The molecule has 0 saturated carbocycles. The number of benzene rings is 2. The lowest BCUT2D eigenvalue weighted by molar-refractivity contribution is 0.0938. The Labute approximate surface area is 127 Å². The Morgan fingerprint density at radius 1 is 1.05 bits per heavy atom. The van der Waals surface area contributed by atoms with Crippen LogP contribution in [0.1, 0.15) is 40.4 Å². The Morgan fingerprint density at radius 2 is 1.76 bits per heavy atom. The summed E-state index contributed by atoms with van der Waals surface area (Å²) in [6.45, 7) is 6.15. The minimum atomic E-state index is 0.0126. The zero-order chi connectivity index (χ0) is 15.2. The van der Waals surface area contributed by atoms with Crippen LogP contribution in [0.5, 0.6) is 0 Å². The molecule has 2 nitrogen and oxygen atoms in total. The van der Waals surface area contributed by atoms with E-state index in [9.17, 15) is 4.79 Å². The normalized spacial score (nSPS) is 12.0. The summed E-state index contributed by atoms with van der Waals surface area (Å²) in [5.74, 6) is 0.0126. The highest BCUT2D eigenvalue weighted by molar-refractivity contribution is 5.94. The van der Waals surface area contributed by atoms with Crippen molar-refractivity contribution in [2.75, 3.05) is 0 Å². The molecule has 0 heterocycles. The highest BCUT2D eigenvalue weighted by Crippen LogP contribution is 2.11. The van der Waals surface area contributed by atoms with Crippen molar-refractivity contribution in [2.45, 2.75) is 39.7 Å². The molecule has 2 rings (SSSR count). The van der Waals surface area contributed by atoms with Gasteiger partial charge in [0.15, 0.2) is 0 Å². The first-order valence-electron chi connectivity index (χ1n) is 7.48. The second-order valence-corrected chi connectivity index (χ2v) is 5.70. The molecule has 0 aliphatic heterocycles. The van der Waals surface area contributed by atoms with Crippen LogP contribution in [0.3, 0.4) is 0 Å². The van der Waals surface area contributed by atoms with Gasteiger partial charge in [-0.25, -0.2) is 0 Å². The Morgan fingerprint density at radius 3 is 2.43 bits per heavy atom. The number of aryl methyl sites for hydroxylation is 3. The van der Waals surface area contributed by atoms with Crippen molar-refractivity contribution in [1.82, 2.24) is 5.32 Å². The smallest absolute Gasteiger partial charge is 0.251 e. The van der Waals surface area contributed by atoms with Crippen molar-refractivity contribution in [3.63, 3.8) is 0 Å². The van der Waals surface area contributed by atoms with Gasteiger partial charge < -0.3 is 5.32 Å². The molecule has 1 amide bonds. The van der Waals surface area contributed by atoms with Crippen LogP contribution in [0.25, 0.3) is 0 Å². The first-order chi connectivity index (χ1) is 10.1. The Bertz CT molecular complexity index is 604. The molecule has 2 aromatic carbocycles. The van der Waals surface area contributed by atoms with Gasteiger partial charge in [0.1, 0.15) is 0 Å². The Kier molecular flexibility index (Phi) is 5.15. The molecule has 0 bridgehead atoms. The third-order valence-electron chi connectivity index (χ3n) is 3.86. The average Bonchev–Trinajstić information content (AvgIpc) is 2.49. The predicted molar refractivity (Wildman–Crippen MR) is 87.6 cm³/mol. The second-order valence-electron chi connectivity index (χ2n) is 5.70. The van der Waals surface area contributed by atoms with E-state index in [2.05, 4.69) is 31.3 Å². The van der Waals surface area contributed by atoms with Crippen LogP contribution in [0.15, 0.2) is 48.5 Å². The zero-order valence-corrected chi connectivity index (χ0v) is 13.0. The fourth-order valence-electron chi connectivity index (χ4n) is 2.29. The molecule has 0 radical (unpaired) electrons. The summed E-state index contributed by atoms with van der Waals surface area (Å²) in [6.07, 6.45) is 1.93. The maximum Gasteiger partial charge on any atom is 0.251 e. The van der Waals surface area contributed by atoms with E-state index < -0.39 is 0 Å². The highest BCUT2D eigenvalue weighted by Gasteiger charge is 2.10. The number of hydrogen-bond acceptors (Lipinski definition) is 1. The molecule has 2 aromatic rings. The summed E-state index contributed by atoms with van der Waals surface area (Å²) in [5.41, 5.74) is 4.41. The van der Waals surface area contributed by atoms with Crippen LogP contribution in [-0.2, 0) is 6.42 Å².